The standard InChI is InChI=1S/C9H8BBrN2O2/c11-8-5-7(10(14)15)1-2-9(8)13-4-3-12-6-13/h1-6,14-15H. The van der Waals surface area contributed by atoms with Crippen molar-refractivity contribution in [1.29, 1.82) is 0 Å². The molecular formula is C9H8BBrN2O2. The van der Waals surface area contributed by atoms with Gasteiger partial charge in [-0.15, -0.1) is 0 Å². The first-order chi connectivity index (χ1) is 7.18. The minimum absolute atomic E-state index is 0.450. The first kappa shape index (κ1) is 10.4. The molecule has 4 nitrogen and oxygen atoms in total. The summed E-state index contributed by atoms with van der Waals surface area (Å²) in [5.74, 6) is 0. The molecule has 0 amide bonds. The molecule has 1 aromatic heterocycles. The molecule has 0 bridgehead atoms. The molecule has 1 heterocycles. The Morgan fingerprint density at radius 2 is 2.13 bits per heavy atom. The van der Waals surface area contributed by atoms with E-state index in [2.05, 4.69) is 20.9 Å². The van der Waals surface area contributed by atoms with Gasteiger partial charge >= 0.3 is 7.12 Å². The van der Waals surface area contributed by atoms with Crippen molar-refractivity contribution in [3.8, 4) is 5.69 Å². The van der Waals surface area contributed by atoms with Crippen LogP contribution in [0.4, 0.5) is 0 Å². The van der Waals surface area contributed by atoms with Gasteiger partial charge in [0.2, 0.25) is 0 Å². The summed E-state index contributed by atoms with van der Waals surface area (Å²) in [5.41, 5.74) is 1.35. The van der Waals surface area contributed by atoms with Gasteiger partial charge in [0.15, 0.2) is 0 Å². The van der Waals surface area contributed by atoms with E-state index in [0.717, 1.165) is 10.2 Å². The maximum atomic E-state index is 8.99. The lowest BCUT2D eigenvalue weighted by Crippen LogP contribution is -2.29. The molecule has 0 aliphatic carbocycles. The van der Waals surface area contributed by atoms with Crippen LogP contribution >= 0.6 is 15.9 Å². The van der Waals surface area contributed by atoms with Crippen molar-refractivity contribution in [3.05, 3.63) is 41.4 Å². The molecule has 2 aromatic rings. The molecule has 2 N–H and O–H groups in total. The Kier molecular flexibility index (Phi) is 2.90. The highest BCUT2D eigenvalue weighted by atomic mass is 79.9. The van der Waals surface area contributed by atoms with E-state index in [1.807, 2.05) is 10.8 Å². The van der Waals surface area contributed by atoms with Crippen LogP contribution in [0.2, 0.25) is 0 Å². The lowest BCUT2D eigenvalue weighted by atomic mass is 9.80. The van der Waals surface area contributed by atoms with Gasteiger partial charge in [-0.2, -0.15) is 0 Å². The topological polar surface area (TPSA) is 58.3 Å². The maximum Gasteiger partial charge on any atom is 0.488 e. The van der Waals surface area contributed by atoms with Crippen molar-refractivity contribution < 1.29 is 10.0 Å². The van der Waals surface area contributed by atoms with Gasteiger partial charge in [0.05, 0.1) is 12.0 Å². The van der Waals surface area contributed by atoms with Crippen LogP contribution in [-0.2, 0) is 0 Å². The van der Waals surface area contributed by atoms with Crippen LogP contribution in [0.1, 0.15) is 0 Å². The highest BCUT2D eigenvalue weighted by Crippen LogP contribution is 2.19. The molecule has 0 radical (unpaired) electrons. The SMILES string of the molecule is OB(O)c1ccc(-n2ccnc2)c(Br)c1. The van der Waals surface area contributed by atoms with E-state index in [1.165, 1.54) is 0 Å². The van der Waals surface area contributed by atoms with Crippen LogP contribution in [0.5, 0.6) is 0 Å². The fraction of sp³-hybridized carbons (Fsp3) is 0. The lowest BCUT2D eigenvalue weighted by molar-refractivity contribution is 0.426. The molecule has 0 saturated carbocycles. The van der Waals surface area contributed by atoms with Crippen LogP contribution in [0.3, 0.4) is 0 Å². The van der Waals surface area contributed by atoms with Crippen molar-refractivity contribution >= 4 is 28.5 Å². The van der Waals surface area contributed by atoms with Crippen molar-refractivity contribution in [3.63, 3.8) is 0 Å². The minimum Gasteiger partial charge on any atom is -0.423 e. The van der Waals surface area contributed by atoms with Gasteiger partial charge in [-0.05, 0) is 33.5 Å². The average Bonchev–Trinajstić information content (AvgIpc) is 2.70. The predicted molar refractivity (Wildman–Crippen MR) is 61.1 cm³/mol. The second-order valence-electron chi connectivity index (χ2n) is 3.05. The molecule has 0 spiro atoms. The molecule has 0 aliphatic heterocycles. The van der Waals surface area contributed by atoms with E-state index in [4.69, 9.17) is 10.0 Å². The van der Waals surface area contributed by atoms with E-state index in [9.17, 15) is 0 Å². The summed E-state index contributed by atoms with van der Waals surface area (Å²) in [6, 6.07) is 5.12. The Bertz CT molecular complexity index is 459. The Balaban J connectivity index is 2.44. The monoisotopic (exact) mass is 266 g/mol. The second kappa shape index (κ2) is 4.18. The Labute approximate surface area is 95.5 Å². The molecule has 0 saturated heterocycles. The third-order valence-electron chi connectivity index (χ3n) is 2.05. The molecule has 2 rings (SSSR count). The van der Waals surface area contributed by atoms with Crippen molar-refractivity contribution in [2.24, 2.45) is 0 Å². The summed E-state index contributed by atoms with van der Waals surface area (Å²) >= 11 is 3.37. The third kappa shape index (κ3) is 2.12. The highest BCUT2D eigenvalue weighted by Gasteiger charge is 2.12. The number of benzene rings is 1. The largest absolute Gasteiger partial charge is 0.488 e. The predicted octanol–water partition coefficient (Wildman–Crippen LogP) is 0.315. The zero-order valence-corrected chi connectivity index (χ0v) is 9.29. The summed E-state index contributed by atoms with van der Waals surface area (Å²) in [7, 11) is -1.45. The Hall–Kier alpha value is -1.11. The van der Waals surface area contributed by atoms with Gasteiger partial charge < -0.3 is 14.6 Å². The van der Waals surface area contributed by atoms with Gasteiger partial charge in [0.25, 0.3) is 0 Å². The number of hydrogen-bond donors (Lipinski definition) is 2. The van der Waals surface area contributed by atoms with Gasteiger partial charge in [-0.3, -0.25) is 0 Å². The smallest absolute Gasteiger partial charge is 0.423 e. The Morgan fingerprint density at radius 1 is 1.33 bits per heavy atom. The maximum absolute atomic E-state index is 8.99. The number of halogens is 1. The van der Waals surface area contributed by atoms with Crippen molar-refractivity contribution in [2.45, 2.75) is 0 Å². The highest BCUT2D eigenvalue weighted by molar-refractivity contribution is 9.10. The van der Waals surface area contributed by atoms with E-state index >= 15 is 0 Å². The first-order valence-electron chi connectivity index (χ1n) is 4.32. The third-order valence-corrected chi connectivity index (χ3v) is 2.69. The Morgan fingerprint density at radius 3 is 2.67 bits per heavy atom. The molecule has 1 aromatic carbocycles. The lowest BCUT2D eigenvalue weighted by Gasteiger charge is -2.07. The van der Waals surface area contributed by atoms with Gasteiger partial charge in [0.1, 0.15) is 0 Å². The van der Waals surface area contributed by atoms with E-state index in [-0.39, 0.29) is 0 Å². The molecule has 15 heavy (non-hydrogen) atoms. The molecular weight excluding hydrogens is 259 g/mol. The fourth-order valence-electron chi connectivity index (χ4n) is 1.29. The normalized spacial score (nSPS) is 10.3. The van der Waals surface area contributed by atoms with Crippen LogP contribution < -0.4 is 5.46 Å². The number of hydrogen-bond acceptors (Lipinski definition) is 3. The van der Waals surface area contributed by atoms with E-state index in [0.29, 0.717) is 5.46 Å². The van der Waals surface area contributed by atoms with Crippen LogP contribution in [0.25, 0.3) is 5.69 Å². The van der Waals surface area contributed by atoms with Crippen molar-refractivity contribution in [1.82, 2.24) is 9.55 Å². The first-order valence-corrected chi connectivity index (χ1v) is 5.11. The summed E-state index contributed by atoms with van der Waals surface area (Å²) in [6.45, 7) is 0. The molecule has 0 fully saturated rings. The van der Waals surface area contributed by atoms with Gasteiger partial charge in [-0.25, -0.2) is 4.98 Å². The summed E-state index contributed by atoms with van der Waals surface area (Å²) in [4.78, 5) is 3.94. The number of aromatic nitrogens is 2. The van der Waals surface area contributed by atoms with Crippen LogP contribution in [-0.4, -0.2) is 26.7 Å². The fourth-order valence-corrected chi connectivity index (χ4v) is 1.90. The summed E-state index contributed by atoms with van der Waals surface area (Å²) in [6.07, 6.45) is 5.17. The van der Waals surface area contributed by atoms with Crippen molar-refractivity contribution in [2.75, 3.05) is 0 Å². The number of rotatable bonds is 2. The minimum atomic E-state index is -1.45. The quantitative estimate of drug-likeness (QED) is 0.770. The molecule has 0 unspecified atom stereocenters. The average molecular weight is 267 g/mol. The zero-order valence-electron chi connectivity index (χ0n) is 7.71. The summed E-state index contributed by atoms with van der Waals surface area (Å²) < 4.78 is 2.61. The zero-order chi connectivity index (χ0) is 10.8. The van der Waals surface area contributed by atoms with E-state index in [1.54, 1.807) is 30.7 Å². The molecule has 0 atom stereocenters. The number of imidazole rings is 1. The van der Waals surface area contributed by atoms with Crippen LogP contribution in [0, 0.1) is 0 Å². The molecule has 76 valence electrons. The summed E-state index contributed by atoms with van der Waals surface area (Å²) in [5, 5.41) is 18.0. The molecule has 0 aliphatic rings. The number of nitrogens with zero attached hydrogens (tertiary/aromatic N) is 2. The van der Waals surface area contributed by atoms with E-state index < -0.39 is 7.12 Å². The van der Waals surface area contributed by atoms with Gasteiger partial charge in [-0.1, -0.05) is 6.07 Å². The second-order valence-corrected chi connectivity index (χ2v) is 3.91. The van der Waals surface area contributed by atoms with Crippen LogP contribution in [0.15, 0.2) is 41.4 Å². The van der Waals surface area contributed by atoms with Gasteiger partial charge in [0, 0.05) is 16.9 Å². The molecule has 6 heteroatoms.